The fourth-order valence-electron chi connectivity index (χ4n) is 8.88. The maximum Gasteiger partial charge on any atom is 0.511 e. The first kappa shape index (κ1) is 36.9. The Morgan fingerprint density at radius 3 is 1.73 bits per heavy atom. The minimum absolute atomic E-state index is 0.00265. The van der Waals surface area contributed by atoms with Crippen molar-refractivity contribution in [1.82, 2.24) is 0 Å². The molecule has 5 fully saturated rings. The topological polar surface area (TPSA) is 88.1 Å². The smallest absolute Gasteiger partial charge is 0.459 e. The molecule has 7 nitrogen and oxygen atoms in total. The molecule has 10 heteroatoms. The van der Waals surface area contributed by atoms with Crippen molar-refractivity contribution in [2.45, 2.75) is 104 Å². The summed E-state index contributed by atoms with van der Waals surface area (Å²) in [4.78, 5) is 39.9. The predicted molar refractivity (Wildman–Crippen MR) is 188 cm³/mol. The molecule has 272 valence electrons. The predicted octanol–water partition coefficient (Wildman–Crippen LogP) is 9.54. The largest absolute Gasteiger partial charge is 0.511 e. The van der Waals surface area contributed by atoms with Crippen LogP contribution in [0.3, 0.4) is 0 Å². The molecule has 5 saturated carbocycles. The summed E-state index contributed by atoms with van der Waals surface area (Å²) in [5.41, 5.74) is -0.753. The lowest BCUT2D eigenvalue weighted by molar-refractivity contribution is -0.212. The molecule has 5 aliphatic carbocycles. The van der Waals surface area contributed by atoms with Crippen LogP contribution in [0, 0.1) is 23.2 Å². The Morgan fingerprint density at radius 1 is 0.725 bits per heavy atom. The lowest BCUT2D eigenvalue weighted by atomic mass is 9.48. The Balaban J connectivity index is 0.000000200. The second-order valence-electron chi connectivity index (χ2n) is 14.8. The zero-order chi connectivity index (χ0) is 35.9. The number of halogens is 2. The highest BCUT2D eigenvalue weighted by atomic mass is 32.2. The quantitative estimate of drug-likeness (QED) is 0.0892. The standard InChI is InChI=1S/C23H32F2O7.C18H15S/c1-21(24,25)19(27)30-14-31-20(28)29-13-22-8-15-7-16(9-22)11-23(10-15,12-22)32-18(26)17-5-3-2-4-6-17;1-4-10-16(11-5-1)19(17-12-6-2-7-13-17)18-14-8-3-9-15-18/h15-17H,2-14H2,1H3;1-15H/q;+1. The van der Waals surface area contributed by atoms with E-state index in [2.05, 4.69) is 100 Å². The zero-order valence-corrected chi connectivity index (χ0v) is 29.9. The van der Waals surface area contributed by atoms with Crippen LogP contribution in [0.4, 0.5) is 13.6 Å². The van der Waals surface area contributed by atoms with Gasteiger partial charge in [0.25, 0.3) is 0 Å². The molecule has 4 bridgehead atoms. The van der Waals surface area contributed by atoms with Gasteiger partial charge in [-0.25, -0.2) is 9.59 Å². The summed E-state index contributed by atoms with van der Waals surface area (Å²) in [6.45, 7) is -0.417. The van der Waals surface area contributed by atoms with Gasteiger partial charge in [-0.2, -0.15) is 8.78 Å². The molecular formula is C41H47F2O7S+. The molecule has 0 aromatic heterocycles. The molecular weight excluding hydrogens is 675 g/mol. The van der Waals surface area contributed by atoms with Crippen molar-refractivity contribution in [3.05, 3.63) is 91.0 Å². The van der Waals surface area contributed by atoms with Crippen LogP contribution in [-0.2, 0) is 39.4 Å². The third kappa shape index (κ3) is 9.50. The average molecular weight is 722 g/mol. The monoisotopic (exact) mass is 721 g/mol. The van der Waals surface area contributed by atoms with Crippen LogP contribution < -0.4 is 0 Å². The van der Waals surface area contributed by atoms with Crippen LogP contribution in [0.25, 0.3) is 0 Å². The van der Waals surface area contributed by atoms with Crippen LogP contribution in [0.5, 0.6) is 0 Å². The van der Waals surface area contributed by atoms with Gasteiger partial charge in [0.2, 0.25) is 6.79 Å². The summed E-state index contributed by atoms with van der Waals surface area (Å²) in [5, 5.41) is 0. The second kappa shape index (κ2) is 16.2. The van der Waals surface area contributed by atoms with Crippen molar-refractivity contribution in [3.63, 3.8) is 0 Å². The number of alkyl halides is 2. The molecule has 0 amide bonds. The number of benzene rings is 3. The van der Waals surface area contributed by atoms with Crippen LogP contribution in [0.2, 0.25) is 0 Å². The molecule has 3 aromatic carbocycles. The molecule has 2 unspecified atom stereocenters. The number of rotatable bonds is 10. The van der Waals surface area contributed by atoms with Gasteiger partial charge in [-0.3, -0.25) is 4.79 Å². The molecule has 51 heavy (non-hydrogen) atoms. The van der Waals surface area contributed by atoms with Gasteiger partial charge in [-0.15, -0.1) is 0 Å². The van der Waals surface area contributed by atoms with E-state index in [4.69, 9.17) is 9.47 Å². The summed E-state index contributed by atoms with van der Waals surface area (Å²) >= 11 is 0. The van der Waals surface area contributed by atoms with Crippen molar-refractivity contribution in [2.75, 3.05) is 13.4 Å². The zero-order valence-electron chi connectivity index (χ0n) is 29.1. The highest BCUT2D eigenvalue weighted by Crippen LogP contribution is 2.63. The van der Waals surface area contributed by atoms with E-state index in [1.165, 1.54) is 21.1 Å². The Labute approximate surface area is 301 Å². The van der Waals surface area contributed by atoms with E-state index < -0.39 is 30.4 Å². The van der Waals surface area contributed by atoms with Gasteiger partial charge in [0.1, 0.15) is 12.2 Å². The van der Waals surface area contributed by atoms with E-state index in [1.807, 2.05) is 0 Å². The number of hydrogen-bond acceptors (Lipinski definition) is 7. The van der Waals surface area contributed by atoms with Crippen molar-refractivity contribution in [3.8, 4) is 0 Å². The lowest BCUT2D eigenvalue weighted by Crippen LogP contribution is -2.59. The summed E-state index contributed by atoms with van der Waals surface area (Å²) in [6, 6.07) is 32.2. The highest BCUT2D eigenvalue weighted by Gasteiger charge is 2.60. The summed E-state index contributed by atoms with van der Waals surface area (Å²) in [7, 11) is -0.0146. The minimum Gasteiger partial charge on any atom is -0.459 e. The van der Waals surface area contributed by atoms with Gasteiger partial charge < -0.3 is 18.9 Å². The molecule has 0 aliphatic heterocycles. The summed E-state index contributed by atoms with van der Waals surface area (Å²) < 4.78 is 45.9. The van der Waals surface area contributed by atoms with E-state index in [1.54, 1.807) is 0 Å². The van der Waals surface area contributed by atoms with Crippen LogP contribution in [0.15, 0.2) is 106 Å². The number of hydrogen-bond donors (Lipinski definition) is 0. The molecule has 0 spiro atoms. The number of esters is 2. The van der Waals surface area contributed by atoms with Crippen molar-refractivity contribution >= 4 is 29.0 Å². The van der Waals surface area contributed by atoms with E-state index in [9.17, 15) is 23.2 Å². The number of carbonyl (C=O) groups is 3. The van der Waals surface area contributed by atoms with Crippen LogP contribution in [0.1, 0.15) is 77.6 Å². The van der Waals surface area contributed by atoms with E-state index in [0.29, 0.717) is 25.2 Å². The Morgan fingerprint density at radius 2 is 1.24 bits per heavy atom. The first-order valence-corrected chi connectivity index (χ1v) is 19.2. The van der Waals surface area contributed by atoms with E-state index in [-0.39, 0.29) is 34.8 Å². The minimum atomic E-state index is -3.66. The normalized spacial score (nSPS) is 25.3. The summed E-state index contributed by atoms with van der Waals surface area (Å²) in [5.74, 6) is -4.64. The lowest BCUT2D eigenvalue weighted by Gasteiger charge is -2.61. The van der Waals surface area contributed by atoms with Gasteiger partial charge in [-0.1, -0.05) is 73.9 Å². The Hall–Kier alpha value is -3.92. The third-order valence-corrected chi connectivity index (χ3v) is 12.8. The number of ether oxygens (including phenoxy) is 4. The van der Waals surface area contributed by atoms with Crippen molar-refractivity contribution in [2.24, 2.45) is 23.2 Å². The Kier molecular flexibility index (Phi) is 11.7. The van der Waals surface area contributed by atoms with Gasteiger partial charge >= 0.3 is 24.0 Å². The van der Waals surface area contributed by atoms with Crippen molar-refractivity contribution in [1.29, 1.82) is 0 Å². The van der Waals surface area contributed by atoms with Gasteiger partial charge in [0.05, 0.1) is 16.8 Å². The van der Waals surface area contributed by atoms with Crippen molar-refractivity contribution < 1.29 is 42.1 Å². The SMILES string of the molecule is CC(F)(F)C(=O)OCOC(=O)OCC12CC3CC(C1)CC(OC(=O)C1CCCCC1)(C3)C2.c1ccc([S+](c2ccccc2)c2ccccc2)cc1. The maximum absolute atomic E-state index is 12.9. The highest BCUT2D eigenvalue weighted by molar-refractivity contribution is 7.97. The fraction of sp³-hybridized carbons (Fsp3) is 0.488. The van der Waals surface area contributed by atoms with E-state index >= 15 is 0 Å². The van der Waals surface area contributed by atoms with Gasteiger partial charge in [-0.05, 0) is 99.6 Å². The molecule has 8 rings (SSSR count). The molecule has 3 aromatic rings. The number of carbonyl (C=O) groups excluding carboxylic acids is 3. The van der Waals surface area contributed by atoms with Gasteiger partial charge in [0.15, 0.2) is 14.7 Å². The van der Waals surface area contributed by atoms with Crippen LogP contribution >= 0.6 is 0 Å². The first-order chi connectivity index (χ1) is 24.5. The first-order valence-electron chi connectivity index (χ1n) is 18.0. The molecule has 0 N–H and O–H groups in total. The molecule has 0 radical (unpaired) electrons. The third-order valence-electron chi connectivity index (χ3n) is 10.5. The average Bonchev–Trinajstić information content (AvgIpc) is 3.12. The summed E-state index contributed by atoms with van der Waals surface area (Å²) in [6.07, 6.45) is 9.36. The van der Waals surface area contributed by atoms with E-state index in [0.717, 1.165) is 57.8 Å². The van der Waals surface area contributed by atoms with Crippen LogP contribution in [-0.4, -0.2) is 43.0 Å². The Bertz CT molecular complexity index is 1500. The van der Waals surface area contributed by atoms with Gasteiger partial charge in [0, 0.05) is 12.3 Å². The molecule has 2 atom stereocenters. The maximum atomic E-state index is 12.9. The fourth-order valence-corrected chi connectivity index (χ4v) is 11.0. The molecule has 0 saturated heterocycles. The molecule has 0 heterocycles. The molecule has 5 aliphatic rings. The second-order valence-corrected chi connectivity index (χ2v) is 16.8.